The number of hydrogen-bond acceptors (Lipinski definition) is 3. The number of carbonyl (C=O) groups excluding carboxylic acids is 1. The molecular formula is C20H19ClN2O2. The van der Waals surface area contributed by atoms with Gasteiger partial charge in [0.05, 0.1) is 11.7 Å². The van der Waals surface area contributed by atoms with Gasteiger partial charge >= 0.3 is 0 Å². The average Bonchev–Trinajstić information content (AvgIpc) is 2.95. The SMILES string of the molecule is Cc1noc(C)c1C(=O)NC(Cc1ccc(Cl)cc1)c1ccccc1. The van der Waals surface area contributed by atoms with Crippen molar-refractivity contribution in [2.24, 2.45) is 0 Å². The van der Waals surface area contributed by atoms with E-state index < -0.39 is 0 Å². The van der Waals surface area contributed by atoms with Crippen LogP contribution in [-0.4, -0.2) is 11.1 Å². The molecule has 0 fully saturated rings. The summed E-state index contributed by atoms with van der Waals surface area (Å²) in [7, 11) is 0. The summed E-state index contributed by atoms with van der Waals surface area (Å²) in [5, 5.41) is 7.66. The van der Waals surface area contributed by atoms with Crippen molar-refractivity contribution < 1.29 is 9.32 Å². The molecule has 1 amide bonds. The second kappa shape index (κ2) is 7.53. The van der Waals surface area contributed by atoms with Crippen LogP contribution >= 0.6 is 11.6 Å². The van der Waals surface area contributed by atoms with Crippen LogP contribution in [0, 0.1) is 13.8 Å². The number of aromatic nitrogens is 1. The first-order valence-corrected chi connectivity index (χ1v) is 8.45. The van der Waals surface area contributed by atoms with Crippen LogP contribution < -0.4 is 5.32 Å². The van der Waals surface area contributed by atoms with Crippen LogP contribution in [0.4, 0.5) is 0 Å². The number of rotatable bonds is 5. The lowest BCUT2D eigenvalue weighted by Gasteiger charge is -2.19. The van der Waals surface area contributed by atoms with Gasteiger partial charge in [-0.25, -0.2) is 0 Å². The Morgan fingerprint density at radius 1 is 1.12 bits per heavy atom. The number of amides is 1. The zero-order chi connectivity index (χ0) is 17.8. The van der Waals surface area contributed by atoms with Crippen molar-refractivity contribution in [1.29, 1.82) is 0 Å². The Kier molecular flexibility index (Phi) is 5.19. The molecular weight excluding hydrogens is 336 g/mol. The Balaban J connectivity index is 1.86. The predicted octanol–water partition coefficient (Wildman–Crippen LogP) is 4.66. The largest absolute Gasteiger partial charge is 0.361 e. The molecule has 3 aromatic rings. The van der Waals surface area contributed by atoms with Crippen LogP contribution in [0.15, 0.2) is 59.1 Å². The van der Waals surface area contributed by atoms with Crippen molar-refractivity contribution in [1.82, 2.24) is 10.5 Å². The molecule has 0 radical (unpaired) electrons. The van der Waals surface area contributed by atoms with Crippen LogP contribution in [0.1, 0.15) is 39.0 Å². The van der Waals surface area contributed by atoms with Gasteiger partial charge in [0.25, 0.3) is 5.91 Å². The first kappa shape index (κ1) is 17.2. The van der Waals surface area contributed by atoms with Gasteiger partial charge in [-0.1, -0.05) is 59.2 Å². The minimum Gasteiger partial charge on any atom is -0.361 e. The highest BCUT2D eigenvalue weighted by molar-refractivity contribution is 6.30. The summed E-state index contributed by atoms with van der Waals surface area (Å²) in [5.74, 6) is 0.340. The quantitative estimate of drug-likeness (QED) is 0.725. The monoisotopic (exact) mass is 354 g/mol. The minimum absolute atomic E-state index is 0.163. The zero-order valence-electron chi connectivity index (χ0n) is 14.1. The summed E-state index contributed by atoms with van der Waals surface area (Å²) in [5.41, 5.74) is 3.22. The van der Waals surface area contributed by atoms with E-state index in [2.05, 4.69) is 10.5 Å². The molecule has 0 saturated heterocycles. The maximum Gasteiger partial charge on any atom is 0.257 e. The Bertz CT molecular complexity index is 838. The van der Waals surface area contributed by atoms with Crippen molar-refractivity contribution in [3.05, 3.63) is 87.8 Å². The Hall–Kier alpha value is -2.59. The summed E-state index contributed by atoms with van der Waals surface area (Å²) in [6.07, 6.45) is 0.663. The molecule has 1 unspecified atom stereocenters. The van der Waals surface area contributed by atoms with Crippen LogP contribution in [0.3, 0.4) is 0 Å². The lowest BCUT2D eigenvalue weighted by molar-refractivity contribution is 0.0934. The third kappa shape index (κ3) is 4.09. The van der Waals surface area contributed by atoms with Gasteiger partial charge in [-0.05, 0) is 43.5 Å². The Labute approximate surface area is 151 Å². The summed E-state index contributed by atoms with van der Waals surface area (Å²) in [4.78, 5) is 12.7. The predicted molar refractivity (Wildman–Crippen MR) is 97.8 cm³/mol. The molecule has 3 rings (SSSR count). The lowest BCUT2D eigenvalue weighted by atomic mass is 9.98. The third-order valence-corrected chi connectivity index (χ3v) is 4.37. The molecule has 0 spiro atoms. The average molecular weight is 355 g/mol. The van der Waals surface area contributed by atoms with E-state index in [1.165, 1.54) is 0 Å². The second-order valence-corrected chi connectivity index (χ2v) is 6.40. The Morgan fingerprint density at radius 2 is 1.80 bits per heavy atom. The fraction of sp³-hybridized carbons (Fsp3) is 0.200. The second-order valence-electron chi connectivity index (χ2n) is 5.97. The van der Waals surface area contributed by atoms with Gasteiger partial charge in [-0.3, -0.25) is 4.79 Å². The highest BCUT2D eigenvalue weighted by Crippen LogP contribution is 2.21. The topological polar surface area (TPSA) is 55.1 Å². The first-order valence-electron chi connectivity index (χ1n) is 8.07. The fourth-order valence-corrected chi connectivity index (χ4v) is 2.96. The summed E-state index contributed by atoms with van der Waals surface area (Å²) in [6.45, 7) is 3.51. The molecule has 2 aromatic carbocycles. The maximum absolute atomic E-state index is 12.7. The van der Waals surface area contributed by atoms with Gasteiger partial charge < -0.3 is 9.84 Å². The fourth-order valence-electron chi connectivity index (χ4n) is 2.83. The number of hydrogen-bond donors (Lipinski definition) is 1. The first-order chi connectivity index (χ1) is 12.0. The molecule has 1 atom stereocenters. The molecule has 5 heteroatoms. The van der Waals surface area contributed by atoms with E-state index in [0.29, 0.717) is 28.5 Å². The van der Waals surface area contributed by atoms with Crippen LogP contribution in [0.5, 0.6) is 0 Å². The third-order valence-electron chi connectivity index (χ3n) is 4.12. The molecule has 0 aliphatic carbocycles. The molecule has 1 aromatic heterocycles. The van der Waals surface area contributed by atoms with Crippen molar-refractivity contribution in [3.8, 4) is 0 Å². The number of carbonyl (C=O) groups is 1. The van der Waals surface area contributed by atoms with Gasteiger partial charge in [0.1, 0.15) is 11.3 Å². The van der Waals surface area contributed by atoms with Crippen molar-refractivity contribution in [2.75, 3.05) is 0 Å². The number of aryl methyl sites for hydroxylation is 2. The molecule has 0 bridgehead atoms. The molecule has 128 valence electrons. The lowest BCUT2D eigenvalue weighted by Crippen LogP contribution is -2.30. The highest BCUT2D eigenvalue weighted by atomic mass is 35.5. The van der Waals surface area contributed by atoms with E-state index in [-0.39, 0.29) is 11.9 Å². The van der Waals surface area contributed by atoms with Gasteiger partial charge in [-0.2, -0.15) is 0 Å². The minimum atomic E-state index is -0.181. The number of nitrogens with one attached hydrogen (secondary N) is 1. The maximum atomic E-state index is 12.7. The molecule has 1 heterocycles. The Morgan fingerprint density at radius 3 is 2.40 bits per heavy atom. The van der Waals surface area contributed by atoms with Gasteiger partial charge in [-0.15, -0.1) is 0 Å². The van der Waals surface area contributed by atoms with Crippen LogP contribution in [0.25, 0.3) is 0 Å². The number of halogens is 1. The van der Waals surface area contributed by atoms with Crippen LogP contribution in [0.2, 0.25) is 5.02 Å². The molecule has 0 aliphatic rings. The highest BCUT2D eigenvalue weighted by Gasteiger charge is 2.21. The van der Waals surface area contributed by atoms with E-state index in [0.717, 1.165) is 11.1 Å². The number of benzene rings is 2. The van der Waals surface area contributed by atoms with Gasteiger partial charge in [0, 0.05) is 5.02 Å². The molecule has 4 nitrogen and oxygen atoms in total. The summed E-state index contributed by atoms with van der Waals surface area (Å²) < 4.78 is 5.11. The zero-order valence-corrected chi connectivity index (χ0v) is 14.9. The molecule has 0 aliphatic heterocycles. The van der Waals surface area contributed by atoms with Crippen LogP contribution in [-0.2, 0) is 6.42 Å². The van der Waals surface area contributed by atoms with Gasteiger partial charge in [0.15, 0.2) is 0 Å². The normalized spacial score (nSPS) is 12.0. The smallest absolute Gasteiger partial charge is 0.257 e. The van der Waals surface area contributed by atoms with E-state index in [1.54, 1.807) is 13.8 Å². The van der Waals surface area contributed by atoms with E-state index in [1.807, 2.05) is 54.6 Å². The summed E-state index contributed by atoms with van der Waals surface area (Å²) >= 11 is 5.96. The number of nitrogens with zero attached hydrogens (tertiary/aromatic N) is 1. The van der Waals surface area contributed by atoms with E-state index in [4.69, 9.17) is 16.1 Å². The van der Waals surface area contributed by atoms with Crippen molar-refractivity contribution in [2.45, 2.75) is 26.3 Å². The summed E-state index contributed by atoms with van der Waals surface area (Å²) in [6, 6.07) is 17.4. The van der Waals surface area contributed by atoms with Crippen molar-refractivity contribution >= 4 is 17.5 Å². The molecule has 25 heavy (non-hydrogen) atoms. The standard InChI is InChI=1S/C20H19ClN2O2/c1-13-19(14(2)25-23-13)20(24)22-18(16-6-4-3-5-7-16)12-15-8-10-17(21)11-9-15/h3-11,18H,12H2,1-2H3,(H,22,24). The van der Waals surface area contributed by atoms with Gasteiger partial charge in [0.2, 0.25) is 0 Å². The van der Waals surface area contributed by atoms with E-state index >= 15 is 0 Å². The van der Waals surface area contributed by atoms with Crippen molar-refractivity contribution in [3.63, 3.8) is 0 Å². The van der Waals surface area contributed by atoms with E-state index in [9.17, 15) is 4.79 Å². The molecule has 1 N–H and O–H groups in total. The molecule has 0 saturated carbocycles.